The third-order valence-electron chi connectivity index (χ3n) is 2.89. The van der Waals surface area contributed by atoms with Gasteiger partial charge in [0.25, 0.3) is 0 Å². The van der Waals surface area contributed by atoms with Crippen LogP contribution in [0, 0.1) is 5.92 Å². The van der Waals surface area contributed by atoms with Crippen LogP contribution in [0.25, 0.3) is 0 Å². The first-order valence-corrected chi connectivity index (χ1v) is 5.94. The van der Waals surface area contributed by atoms with Crippen molar-refractivity contribution in [1.82, 2.24) is 4.90 Å². The lowest BCUT2D eigenvalue weighted by molar-refractivity contribution is -0.141. The van der Waals surface area contributed by atoms with Crippen LogP contribution >= 0.6 is 0 Å². The van der Waals surface area contributed by atoms with Crippen molar-refractivity contribution < 1.29 is 9.53 Å². The van der Waals surface area contributed by atoms with E-state index in [1.807, 2.05) is 0 Å². The van der Waals surface area contributed by atoms with Crippen molar-refractivity contribution in [2.75, 3.05) is 20.2 Å². The maximum atomic E-state index is 11.0. The SMILES string of the molecule is COC(=O)CCN(CCC(C)C)C1CC1. The van der Waals surface area contributed by atoms with Gasteiger partial charge in [0.2, 0.25) is 0 Å². The molecule has 0 aromatic heterocycles. The Kier molecular flexibility index (Phi) is 5.09. The van der Waals surface area contributed by atoms with Gasteiger partial charge >= 0.3 is 5.97 Å². The molecule has 1 aliphatic carbocycles. The normalized spacial score (nSPS) is 16.1. The molecule has 1 saturated carbocycles. The van der Waals surface area contributed by atoms with Gasteiger partial charge in [-0.1, -0.05) is 13.8 Å². The van der Waals surface area contributed by atoms with E-state index in [9.17, 15) is 4.79 Å². The highest BCUT2D eigenvalue weighted by molar-refractivity contribution is 5.69. The maximum absolute atomic E-state index is 11.0. The van der Waals surface area contributed by atoms with Gasteiger partial charge in [0, 0.05) is 12.6 Å². The summed E-state index contributed by atoms with van der Waals surface area (Å²) in [5.41, 5.74) is 0. The van der Waals surface area contributed by atoms with E-state index in [-0.39, 0.29) is 5.97 Å². The monoisotopic (exact) mass is 213 g/mol. The minimum atomic E-state index is -0.0924. The molecule has 0 aromatic carbocycles. The van der Waals surface area contributed by atoms with E-state index in [2.05, 4.69) is 23.5 Å². The predicted molar refractivity (Wildman–Crippen MR) is 60.7 cm³/mol. The lowest BCUT2D eigenvalue weighted by Gasteiger charge is -2.22. The van der Waals surface area contributed by atoms with Gasteiger partial charge in [0.1, 0.15) is 0 Å². The molecule has 1 fully saturated rings. The van der Waals surface area contributed by atoms with E-state index in [1.165, 1.54) is 26.4 Å². The summed E-state index contributed by atoms with van der Waals surface area (Å²) in [5, 5.41) is 0. The molecule has 0 spiro atoms. The first-order valence-electron chi connectivity index (χ1n) is 5.94. The zero-order valence-electron chi connectivity index (χ0n) is 10.2. The second kappa shape index (κ2) is 6.11. The second-order valence-electron chi connectivity index (χ2n) is 4.78. The summed E-state index contributed by atoms with van der Waals surface area (Å²) in [4.78, 5) is 13.5. The molecule has 0 bridgehead atoms. The number of hydrogen-bond acceptors (Lipinski definition) is 3. The van der Waals surface area contributed by atoms with E-state index in [4.69, 9.17) is 0 Å². The van der Waals surface area contributed by atoms with Crippen LogP contribution in [-0.2, 0) is 9.53 Å². The summed E-state index contributed by atoms with van der Waals surface area (Å²) in [6.07, 6.45) is 4.36. The number of carbonyl (C=O) groups is 1. The summed E-state index contributed by atoms with van der Waals surface area (Å²) in [5.74, 6) is 0.648. The Labute approximate surface area is 92.8 Å². The molecule has 3 nitrogen and oxygen atoms in total. The van der Waals surface area contributed by atoms with Gasteiger partial charge in [-0.3, -0.25) is 9.69 Å². The fraction of sp³-hybridized carbons (Fsp3) is 0.917. The highest BCUT2D eigenvalue weighted by Gasteiger charge is 2.28. The number of methoxy groups -OCH3 is 1. The molecule has 0 heterocycles. The van der Waals surface area contributed by atoms with Crippen LogP contribution in [-0.4, -0.2) is 37.1 Å². The largest absolute Gasteiger partial charge is 0.469 e. The van der Waals surface area contributed by atoms with Gasteiger partial charge in [-0.15, -0.1) is 0 Å². The molecule has 88 valence electrons. The quantitative estimate of drug-likeness (QED) is 0.606. The van der Waals surface area contributed by atoms with Gasteiger partial charge in [0.05, 0.1) is 13.5 Å². The molecule has 1 rings (SSSR count). The van der Waals surface area contributed by atoms with Crippen LogP contribution in [0.4, 0.5) is 0 Å². The fourth-order valence-corrected chi connectivity index (χ4v) is 1.68. The number of hydrogen-bond donors (Lipinski definition) is 0. The third-order valence-corrected chi connectivity index (χ3v) is 2.89. The van der Waals surface area contributed by atoms with Crippen LogP contribution in [0.5, 0.6) is 0 Å². The molecule has 1 aliphatic rings. The molecule has 0 N–H and O–H groups in total. The van der Waals surface area contributed by atoms with Gasteiger partial charge in [-0.05, 0) is 31.7 Å². The zero-order valence-corrected chi connectivity index (χ0v) is 10.2. The van der Waals surface area contributed by atoms with Gasteiger partial charge < -0.3 is 4.74 Å². The Hall–Kier alpha value is -0.570. The van der Waals surface area contributed by atoms with E-state index in [1.54, 1.807) is 0 Å². The summed E-state index contributed by atoms with van der Waals surface area (Å²) < 4.78 is 4.66. The van der Waals surface area contributed by atoms with E-state index < -0.39 is 0 Å². The Bertz CT molecular complexity index is 200. The van der Waals surface area contributed by atoms with E-state index in [0.717, 1.165) is 25.0 Å². The molecular weight excluding hydrogens is 190 g/mol. The first-order chi connectivity index (χ1) is 7.13. The van der Waals surface area contributed by atoms with Gasteiger partial charge in [-0.25, -0.2) is 0 Å². The van der Waals surface area contributed by atoms with Crippen LogP contribution in [0.2, 0.25) is 0 Å². The minimum Gasteiger partial charge on any atom is -0.469 e. The van der Waals surface area contributed by atoms with Crippen molar-refractivity contribution in [1.29, 1.82) is 0 Å². The highest BCUT2D eigenvalue weighted by Crippen LogP contribution is 2.27. The molecule has 0 amide bonds. The molecule has 0 radical (unpaired) electrons. The summed E-state index contributed by atoms with van der Waals surface area (Å²) in [7, 11) is 1.46. The van der Waals surface area contributed by atoms with Crippen molar-refractivity contribution in [2.24, 2.45) is 5.92 Å². The molecule has 0 atom stereocenters. The molecule has 15 heavy (non-hydrogen) atoms. The predicted octanol–water partition coefficient (Wildman–Crippen LogP) is 2.06. The van der Waals surface area contributed by atoms with Gasteiger partial charge in [0.15, 0.2) is 0 Å². The Morgan fingerprint density at radius 2 is 2.07 bits per heavy atom. The molecule has 3 heteroatoms. The Morgan fingerprint density at radius 3 is 2.53 bits per heavy atom. The fourth-order valence-electron chi connectivity index (χ4n) is 1.68. The Morgan fingerprint density at radius 1 is 1.40 bits per heavy atom. The number of ether oxygens (including phenoxy) is 1. The molecular formula is C12H23NO2. The summed E-state index contributed by atoms with van der Waals surface area (Å²) in [6, 6.07) is 0.744. The third kappa shape index (κ3) is 5.17. The molecule has 0 saturated heterocycles. The minimum absolute atomic E-state index is 0.0924. The Balaban J connectivity index is 2.21. The van der Waals surface area contributed by atoms with Crippen molar-refractivity contribution in [3.63, 3.8) is 0 Å². The van der Waals surface area contributed by atoms with Crippen LogP contribution < -0.4 is 0 Å². The lowest BCUT2D eigenvalue weighted by atomic mass is 10.1. The van der Waals surface area contributed by atoms with Crippen molar-refractivity contribution in [3.8, 4) is 0 Å². The molecule has 0 aromatic rings. The maximum Gasteiger partial charge on any atom is 0.306 e. The zero-order chi connectivity index (χ0) is 11.3. The lowest BCUT2D eigenvalue weighted by Crippen LogP contribution is -2.30. The summed E-state index contributed by atoms with van der Waals surface area (Å²) in [6.45, 7) is 6.47. The molecule has 0 aliphatic heterocycles. The van der Waals surface area contributed by atoms with Gasteiger partial charge in [-0.2, -0.15) is 0 Å². The number of esters is 1. The summed E-state index contributed by atoms with van der Waals surface area (Å²) >= 11 is 0. The van der Waals surface area contributed by atoms with Crippen molar-refractivity contribution in [2.45, 2.75) is 45.6 Å². The van der Waals surface area contributed by atoms with Crippen LogP contribution in [0.15, 0.2) is 0 Å². The average molecular weight is 213 g/mol. The average Bonchev–Trinajstić information content (AvgIpc) is 3.00. The van der Waals surface area contributed by atoms with E-state index in [0.29, 0.717) is 6.42 Å². The topological polar surface area (TPSA) is 29.5 Å². The number of rotatable bonds is 7. The standard InChI is InChI=1S/C12H23NO2/c1-10(2)6-8-13(11-4-5-11)9-7-12(14)15-3/h10-11H,4-9H2,1-3H3. The molecule has 0 unspecified atom stereocenters. The highest BCUT2D eigenvalue weighted by atomic mass is 16.5. The van der Waals surface area contributed by atoms with E-state index >= 15 is 0 Å². The second-order valence-corrected chi connectivity index (χ2v) is 4.78. The van der Waals surface area contributed by atoms with Crippen molar-refractivity contribution >= 4 is 5.97 Å². The van der Waals surface area contributed by atoms with Crippen molar-refractivity contribution in [3.05, 3.63) is 0 Å². The number of nitrogens with zero attached hydrogens (tertiary/aromatic N) is 1. The number of carbonyl (C=O) groups excluding carboxylic acids is 1. The first kappa shape index (κ1) is 12.5. The van der Waals surface area contributed by atoms with Crippen LogP contribution in [0.1, 0.15) is 39.5 Å². The smallest absolute Gasteiger partial charge is 0.306 e. The van der Waals surface area contributed by atoms with Crippen LogP contribution in [0.3, 0.4) is 0 Å².